The van der Waals surface area contributed by atoms with Crippen LogP contribution in [0.15, 0.2) is 71.7 Å². The Bertz CT molecular complexity index is 1040. The van der Waals surface area contributed by atoms with E-state index in [4.69, 9.17) is 9.47 Å². The maximum absolute atomic E-state index is 12.8. The van der Waals surface area contributed by atoms with Gasteiger partial charge in [-0.1, -0.05) is 25.1 Å². The molecule has 2 N–H and O–H groups in total. The van der Waals surface area contributed by atoms with Crippen LogP contribution in [0.4, 0.5) is 0 Å². The molecule has 6 nitrogen and oxygen atoms in total. The first-order valence-corrected chi connectivity index (χ1v) is 11.2. The van der Waals surface area contributed by atoms with Crippen LogP contribution in [0, 0.1) is 0 Å². The lowest BCUT2D eigenvalue weighted by atomic mass is 10.2. The Morgan fingerprint density at radius 1 is 1.00 bits per heavy atom. The maximum Gasteiger partial charge on any atom is 0.267 e. The summed E-state index contributed by atoms with van der Waals surface area (Å²) in [6, 6.07) is 18.3. The van der Waals surface area contributed by atoms with Gasteiger partial charge in [0.15, 0.2) is 0 Å². The first kappa shape index (κ1) is 23.1. The molecule has 166 valence electrons. The number of thiophene rings is 1. The van der Waals surface area contributed by atoms with Crippen LogP contribution in [0.2, 0.25) is 0 Å². The molecule has 0 unspecified atom stereocenters. The van der Waals surface area contributed by atoms with Gasteiger partial charge in [-0.25, -0.2) is 0 Å². The fraction of sp³-hybridized carbons (Fsp3) is 0.200. The number of aryl methyl sites for hydroxylation is 1. The van der Waals surface area contributed by atoms with Gasteiger partial charge in [-0.2, -0.15) is 0 Å². The molecule has 2 amide bonds. The van der Waals surface area contributed by atoms with E-state index in [1.807, 2.05) is 41.8 Å². The van der Waals surface area contributed by atoms with Gasteiger partial charge in [-0.05, 0) is 65.9 Å². The molecule has 0 aliphatic carbocycles. The smallest absolute Gasteiger partial charge is 0.267 e. The molecule has 7 heteroatoms. The number of hydrogen-bond donors (Lipinski definition) is 2. The zero-order valence-corrected chi connectivity index (χ0v) is 18.9. The third-order valence-corrected chi connectivity index (χ3v) is 5.48. The topological polar surface area (TPSA) is 76.7 Å². The van der Waals surface area contributed by atoms with Crippen LogP contribution in [0.1, 0.15) is 27.7 Å². The van der Waals surface area contributed by atoms with E-state index in [9.17, 15) is 9.59 Å². The molecule has 3 rings (SSSR count). The van der Waals surface area contributed by atoms with E-state index < -0.39 is 0 Å². The van der Waals surface area contributed by atoms with Crippen molar-refractivity contribution in [2.45, 2.75) is 13.3 Å². The van der Waals surface area contributed by atoms with E-state index in [1.165, 1.54) is 16.9 Å². The molecule has 0 atom stereocenters. The summed E-state index contributed by atoms with van der Waals surface area (Å²) in [6.45, 7) is 2.71. The minimum atomic E-state index is -0.384. The molecule has 0 aliphatic heterocycles. The third-order valence-electron chi connectivity index (χ3n) is 4.66. The highest BCUT2D eigenvalue weighted by Gasteiger charge is 2.15. The Morgan fingerprint density at radius 3 is 2.34 bits per heavy atom. The van der Waals surface area contributed by atoms with Crippen molar-refractivity contribution in [3.05, 3.63) is 87.7 Å². The lowest BCUT2D eigenvalue weighted by Crippen LogP contribution is -2.36. The quantitative estimate of drug-likeness (QED) is 0.357. The molecule has 0 spiro atoms. The largest absolute Gasteiger partial charge is 0.497 e. The Labute approximate surface area is 191 Å². The Hall–Kier alpha value is -3.58. The van der Waals surface area contributed by atoms with Crippen LogP contribution in [0.3, 0.4) is 0 Å². The van der Waals surface area contributed by atoms with Crippen LogP contribution in [0.5, 0.6) is 11.5 Å². The third kappa shape index (κ3) is 6.72. The van der Waals surface area contributed by atoms with E-state index in [0.717, 1.165) is 17.0 Å². The van der Waals surface area contributed by atoms with E-state index >= 15 is 0 Å². The Morgan fingerprint density at radius 2 is 1.72 bits per heavy atom. The van der Waals surface area contributed by atoms with Gasteiger partial charge in [0.25, 0.3) is 11.8 Å². The average molecular weight is 451 g/mol. The molecule has 1 aromatic heterocycles. The van der Waals surface area contributed by atoms with Crippen molar-refractivity contribution >= 4 is 29.2 Å². The van der Waals surface area contributed by atoms with Gasteiger partial charge < -0.3 is 20.1 Å². The summed E-state index contributed by atoms with van der Waals surface area (Å²) < 4.78 is 10.8. The molecular formula is C25H26N2O4S. The average Bonchev–Trinajstić information content (AvgIpc) is 3.35. The van der Waals surface area contributed by atoms with Gasteiger partial charge in [0.05, 0.1) is 13.7 Å². The van der Waals surface area contributed by atoms with Crippen molar-refractivity contribution in [1.29, 1.82) is 0 Å². The highest BCUT2D eigenvalue weighted by Crippen LogP contribution is 2.15. The number of nitrogens with one attached hydrogen (secondary N) is 2. The van der Waals surface area contributed by atoms with Gasteiger partial charge in [0, 0.05) is 10.4 Å². The fourth-order valence-electron chi connectivity index (χ4n) is 2.86. The van der Waals surface area contributed by atoms with Crippen molar-refractivity contribution in [2.75, 3.05) is 20.3 Å². The molecule has 0 saturated carbocycles. The molecular weight excluding hydrogens is 424 g/mol. The summed E-state index contributed by atoms with van der Waals surface area (Å²) in [5.41, 5.74) is 1.83. The summed E-state index contributed by atoms with van der Waals surface area (Å²) in [5.74, 6) is 0.639. The van der Waals surface area contributed by atoms with Crippen molar-refractivity contribution < 1.29 is 19.1 Å². The molecule has 2 aromatic carbocycles. The number of hydrogen-bond acceptors (Lipinski definition) is 5. The fourth-order valence-corrected chi connectivity index (χ4v) is 3.52. The molecule has 0 aliphatic rings. The van der Waals surface area contributed by atoms with E-state index in [0.29, 0.717) is 24.5 Å². The number of ether oxygens (including phenoxy) is 2. The van der Waals surface area contributed by atoms with Crippen LogP contribution in [-0.2, 0) is 11.2 Å². The zero-order valence-electron chi connectivity index (χ0n) is 18.1. The summed E-state index contributed by atoms with van der Waals surface area (Å²) >= 11 is 1.48. The molecule has 1 heterocycles. The summed E-state index contributed by atoms with van der Waals surface area (Å²) in [6.07, 6.45) is 2.63. The lowest BCUT2D eigenvalue weighted by Gasteiger charge is -2.12. The summed E-state index contributed by atoms with van der Waals surface area (Å²) in [7, 11) is 1.56. The Balaban J connectivity index is 1.60. The molecule has 0 saturated heterocycles. The standard InChI is InChI=1S/C25H26N2O4S/c1-3-18-6-10-21(11-7-18)31-15-14-26-25(29)23(17-22-5-4-16-32-22)27-24(28)19-8-12-20(30-2)13-9-19/h4-13,16-17H,3,14-15H2,1-2H3,(H,26,29)(H,27,28)/b23-17-. The van der Waals surface area contributed by atoms with Crippen molar-refractivity contribution in [1.82, 2.24) is 10.6 Å². The lowest BCUT2D eigenvalue weighted by molar-refractivity contribution is -0.117. The number of carbonyl (C=O) groups excluding carboxylic acids is 2. The van der Waals surface area contributed by atoms with E-state index in [1.54, 1.807) is 37.5 Å². The number of rotatable bonds is 10. The molecule has 3 aromatic rings. The normalized spacial score (nSPS) is 11.0. The predicted molar refractivity (Wildman–Crippen MR) is 127 cm³/mol. The van der Waals surface area contributed by atoms with Crippen LogP contribution < -0.4 is 20.1 Å². The molecule has 0 fully saturated rings. The van der Waals surface area contributed by atoms with Gasteiger partial charge >= 0.3 is 0 Å². The van der Waals surface area contributed by atoms with Gasteiger partial charge in [-0.15, -0.1) is 11.3 Å². The van der Waals surface area contributed by atoms with E-state index in [2.05, 4.69) is 17.6 Å². The van der Waals surface area contributed by atoms with E-state index in [-0.39, 0.29) is 17.5 Å². The van der Waals surface area contributed by atoms with Crippen molar-refractivity contribution in [2.24, 2.45) is 0 Å². The van der Waals surface area contributed by atoms with Gasteiger partial charge in [0.2, 0.25) is 0 Å². The second-order valence-corrected chi connectivity index (χ2v) is 7.84. The number of carbonyl (C=O) groups is 2. The number of amides is 2. The predicted octanol–water partition coefficient (Wildman–Crippen LogP) is 4.29. The number of methoxy groups -OCH3 is 1. The molecule has 32 heavy (non-hydrogen) atoms. The van der Waals surface area contributed by atoms with Crippen LogP contribution in [0.25, 0.3) is 6.08 Å². The second-order valence-electron chi connectivity index (χ2n) is 6.86. The first-order chi connectivity index (χ1) is 15.6. The molecule has 0 bridgehead atoms. The number of benzene rings is 2. The van der Waals surface area contributed by atoms with Gasteiger partial charge in [0.1, 0.15) is 23.8 Å². The highest BCUT2D eigenvalue weighted by molar-refractivity contribution is 7.10. The summed E-state index contributed by atoms with van der Waals surface area (Å²) in [4.78, 5) is 26.3. The minimum Gasteiger partial charge on any atom is -0.497 e. The van der Waals surface area contributed by atoms with Crippen LogP contribution >= 0.6 is 11.3 Å². The Kier molecular flexibility index (Phi) is 8.45. The second kappa shape index (κ2) is 11.7. The zero-order chi connectivity index (χ0) is 22.8. The maximum atomic E-state index is 12.8. The first-order valence-electron chi connectivity index (χ1n) is 10.3. The molecule has 0 radical (unpaired) electrons. The van der Waals surface area contributed by atoms with Crippen LogP contribution in [-0.4, -0.2) is 32.1 Å². The van der Waals surface area contributed by atoms with Gasteiger partial charge in [-0.3, -0.25) is 9.59 Å². The monoisotopic (exact) mass is 450 g/mol. The minimum absolute atomic E-state index is 0.167. The summed E-state index contributed by atoms with van der Waals surface area (Å²) in [5, 5.41) is 7.42. The van der Waals surface area contributed by atoms with Crippen molar-refractivity contribution in [3.8, 4) is 11.5 Å². The highest BCUT2D eigenvalue weighted by atomic mass is 32.1. The van der Waals surface area contributed by atoms with Crippen molar-refractivity contribution in [3.63, 3.8) is 0 Å². The SMILES string of the molecule is CCc1ccc(OCCNC(=O)/C(=C/c2cccs2)NC(=O)c2ccc(OC)cc2)cc1.